The van der Waals surface area contributed by atoms with Crippen molar-refractivity contribution in [3.05, 3.63) is 33.2 Å². The highest BCUT2D eigenvalue weighted by Gasteiger charge is 2.13. The number of H-pyrrole nitrogens is 1. The standard InChI is InChI=1S/C11H10N4O/c1-5-4-14-9-7(3-12)11(16)15-10(13)8(9)6(5)2/h4H,1-2H3,(H3,13,15,16). The number of nitrogens with one attached hydrogen (secondary N) is 1. The number of hydrogen-bond acceptors (Lipinski definition) is 4. The minimum atomic E-state index is -0.497. The number of aromatic nitrogens is 2. The summed E-state index contributed by atoms with van der Waals surface area (Å²) >= 11 is 0. The van der Waals surface area contributed by atoms with E-state index >= 15 is 0 Å². The van der Waals surface area contributed by atoms with E-state index in [9.17, 15) is 4.79 Å². The fourth-order valence-electron chi connectivity index (χ4n) is 1.68. The number of aromatic amines is 1. The van der Waals surface area contributed by atoms with Gasteiger partial charge in [-0.2, -0.15) is 5.26 Å². The van der Waals surface area contributed by atoms with E-state index in [-0.39, 0.29) is 11.4 Å². The average Bonchev–Trinajstić information content (AvgIpc) is 2.23. The molecule has 0 spiro atoms. The summed E-state index contributed by atoms with van der Waals surface area (Å²) in [5.74, 6) is 0.257. The minimum absolute atomic E-state index is 0.00676. The summed E-state index contributed by atoms with van der Waals surface area (Å²) in [4.78, 5) is 18.1. The monoisotopic (exact) mass is 214 g/mol. The van der Waals surface area contributed by atoms with Gasteiger partial charge in [0.05, 0.1) is 5.52 Å². The van der Waals surface area contributed by atoms with Crippen molar-refractivity contribution in [3.8, 4) is 6.07 Å². The fourth-order valence-corrected chi connectivity index (χ4v) is 1.68. The summed E-state index contributed by atoms with van der Waals surface area (Å²) in [7, 11) is 0. The summed E-state index contributed by atoms with van der Waals surface area (Å²) in [6.07, 6.45) is 1.64. The molecule has 0 bridgehead atoms. The molecule has 2 heterocycles. The van der Waals surface area contributed by atoms with Gasteiger partial charge in [-0.25, -0.2) is 0 Å². The molecule has 5 nitrogen and oxygen atoms in total. The molecular weight excluding hydrogens is 204 g/mol. The van der Waals surface area contributed by atoms with Gasteiger partial charge in [0.25, 0.3) is 5.56 Å². The Morgan fingerprint density at radius 3 is 2.81 bits per heavy atom. The lowest BCUT2D eigenvalue weighted by atomic mass is 10.0. The zero-order valence-corrected chi connectivity index (χ0v) is 8.96. The van der Waals surface area contributed by atoms with Crippen LogP contribution < -0.4 is 11.3 Å². The number of nitriles is 1. The molecule has 0 unspecified atom stereocenters. The van der Waals surface area contributed by atoms with Gasteiger partial charge in [-0.15, -0.1) is 0 Å². The van der Waals surface area contributed by atoms with Crippen LogP contribution in [0.15, 0.2) is 11.0 Å². The molecule has 0 aliphatic carbocycles. The number of pyridine rings is 2. The summed E-state index contributed by atoms with van der Waals surface area (Å²) in [6.45, 7) is 3.79. The SMILES string of the molecule is Cc1cnc2c(C#N)c(=O)[nH]c(N)c2c1C. The number of anilines is 1. The second-order valence-electron chi connectivity index (χ2n) is 3.64. The topological polar surface area (TPSA) is 95.6 Å². The van der Waals surface area contributed by atoms with Gasteiger partial charge in [-0.3, -0.25) is 9.78 Å². The highest BCUT2D eigenvalue weighted by Crippen LogP contribution is 2.23. The molecule has 5 heteroatoms. The Labute approximate surface area is 91.5 Å². The van der Waals surface area contributed by atoms with Crippen molar-refractivity contribution in [1.82, 2.24) is 9.97 Å². The normalized spacial score (nSPS) is 10.3. The van der Waals surface area contributed by atoms with Crippen LogP contribution in [-0.2, 0) is 0 Å². The molecule has 3 N–H and O–H groups in total. The number of nitrogens with zero attached hydrogens (tertiary/aromatic N) is 2. The number of nitrogens with two attached hydrogens (primary N) is 1. The smallest absolute Gasteiger partial charge is 0.269 e. The van der Waals surface area contributed by atoms with E-state index in [1.165, 1.54) is 0 Å². The van der Waals surface area contributed by atoms with E-state index in [1.807, 2.05) is 19.9 Å². The first kappa shape index (κ1) is 10.2. The maximum absolute atomic E-state index is 11.5. The summed E-state index contributed by atoms with van der Waals surface area (Å²) in [5, 5.41) is 9.57. The molecule has 0 fully saturated rings. The van der Waals surface area contributed by atoms with E-state index in [0.29, 0.717) is 10.9 Å². The maximum atomic E-state index is 11.5. The number of rotatable bonds is 0. The Morgan fingerprint density at radius 2 is 2.19 bits per heavy atom. The lowest BCUT2D eigenvalue weighted by Gasteiger charge is -2.07. The van der Waals surface area contributed by atoms with Gasteiger partial charge in [-0.05, 0) is 25.0 Å². The maximum Gasteiger partial charge on any atom is 0.269 e. The molecule has 80 valence electrons. The van der Waals surface area contributed by atoms with Crippen LogP contribution in [0.25, 0.3) is 10.9 Å². The van der Waals surface area contributed by atoms with Crippen LogP contribution >= 0.6 is 0 Å². The van der Waals surface area contributed by atoms with Gasteiger partial charge < -0.3 is 10.7 Å². The summed E-state index contributed by atoms with van der Waals surface area (Å²) < 4.78 is 0. The third kappa shape index (κ3) is 1.24. The van der Waals surface area contributed by atoms with Crippen molar-refractivity contribution in [2.24, 2.45) is 0 Å². The highest BCUT2D eigenvalue weighted by atomic mass is 16.1. The van der Waals surface area contributed by atoms with Gasteiger partial charge in [0, 0.05) is 11.6 Å². The van der Waals surface area contributed by atoms with E-state index in [1.54, 1.807) is 6.20 Å². The molecule has 0 aliphatic rings. The third-order valence-corrected chi connectivity index (χ3v) is 2.68. The molecule has 0 atom stereocenters. The van der Waals surface area contributed by atoms with Crippen molar-refractivity contribution >= 4 is 16.7 Å². The summed E-state index contributed by atoms with van der Waals surface area (Å²) in [6, 6.07) is 1.85. The molecule has 2 aromatic heterocycles. The van der Waals surface area contributed by atoms with Gasteiger partial charge in [-0.1, -0.05) is 0 Å². The van der Waals surface area contributed by atoms with Crippen LogP contribution in [0.5, 0.6) is 0 Å². The number of aryl methyl sites for hydroxylation is 2. The van der Waals surface area contributed by atoms with E-state index in [4.69, 9.17) is 11.0 Å². The summed E-state index contributed by atoms with van der Waals surface area (Å²) in [5.41, 5.74) is 7.52. The number of nitrogen functional groups attached to an aromatic ring is 1. The Morgan fingerprint density at radius 1 is 1.50 bits per heavy atom. The van der Waals surface area contributed by atoms with Crippen LogP contribution in [-0.4, -0.2) is 9.97 Å². The second kappa shape index (κ2) is 3.35. The predicted octanol–water partition coefficient (Wildman–Crippen LogP) is 0.994. The number of hydrogen-bond donors (Lipinski definition) is 2. The fraction of sp³-hybridized carbons (Fsp3) is 0.182. The Kier molecular flexibility index (Phi) is 2.13. The van der Waals surface area contributed by atoms with E-state index < -0.39 is 5.56 Å². The Balaban J connectivity index is 3.13. The van der Waals surface area contributed by atoms with Crippen LogP contribution in [0, 0.1) is 25.2 Å². The Bertz CT molecular complexity index is 679. The minimum Gasteiger partial charge on any atom is -0.385 e. The predicted molar refractivity (Wildman–Crippen MR) is 61.0 cm³/mol. The lowest BCUT2D eigenvalue weighted by Crippen LogP contribution is -2.14. The van der Waals surface area contributed by atoms with Gasteiger partial charge in [0.1, 0.15) is 17.5 Å². The van der Waals surface area contributed by atoms with E-state index in [0.717, 1.165) is 11.1 Å². The van der Waals surface area contributed by atoms with Crippen molar-refractivity contribution < 1.29 is 0 Å². The van der Waals surface area contributed by atoms with Gasteiger partial charge in [0.15, 0.2) is 0 Å². The zero-order valence-electron chi connectivity index (χ0n) is 8.96. The third-order valence-electron chi connectivity index (χ3n) is 2.68. The molecule has 0 saturated carbocycles. The first-order valence-corrected chi connectivity index (χ1v) is 4.74. The largest absolute Gasteiger partial charge is 0.385 e. The van der Waals surface area contributed by atoms with E-state index in [2.05, 4.69) is 9.97 Å². The molecule has 0 aromatic carbocycles. The van der Waals surface area contributed by atoms with Crippen LogP contribution in [0.1, 0.15) is 16.7 Å². The molecule has 16 heavy (non-hydrogen) atoms. The van der Waals surface area contributed by atoms with Crippen LogP contribution in [0.2, 0.25) is 0 Å². The molecule has 2 aromatic rings. The van der Waals surface area contributed by atoms with Gasteiger partial charge in [0.2, 0.25) is 0 Å². The quantitative estimate of drug-likeness (QED) is 0.683. The molecule has 2 rings (SSSR count). The first-order chi connectivity index (χ1) is 7.56. The van der Waals surface area contributed by atoms with Crippen molar-refractivity contribution in [2.45, 2.75) is 13.8 Å². The molecular formula is C11H10N4O. The highest BCUT2D eigenvalue weighted by molar-refractivity contribution is 5.94. The van der Waals surface area contributed by atoms with Gasteiger partial charge >= 0.3 is 0 Å². The molecule has 0 saturated heterocycles. The van der Waals surface area contributed by atoms with Crippen LogP contribution in [0.3, 0.4) is 0 Å². The second-order valence-corrected chi connectivity index (χ2v) is 3.64. The zero-order chi connectivity index (χ0) is 11.9. The molecule has 0 radical (unpaired) electrons. The average molecular weight is 214 g/mol. The van der Waals surface area contributed by atoms with Crippen molar-refractivity contribution in [1.29, 1.82) is 5.26 Å². The molecule has 0 amide bonds. The Hall–Kier alpha value is -2.35. The van der Waals surface area contributed by atoms with Crippen molar-refractivity contribution in [3.63, 3.8) is 0 Å². The number of fused-ring (bicyclic) bond motifs is 1. The van der Waals surface area contributed by atoms with Crippen molar-refractivity contribution in [2.75, 3.05) is 5.73 Å². The first-order valence-electron chi connectivity index (χ1n) is 4.74. The lowest BCUT2D eigenvalue weighted by molar-refractivity contribution is 1.20. The van der Waals surface area contributed by atoms with Crippen LogP contribution in [0.4, 0.5) is 5.82 Å². The molecule has 0 aliphatic heterocycles.